The van der Waals surface area contributed by atoms with Gasteiger partial charge in [0.2, 0.25) is 15.9 Å². The lowest BCUT2D eigenvalue weighted by atomic mass is 10.2. The Labute approximate surface area is 183 Å². The van der Waals surface area contributed by atoms with E-state index in [1.165, 1.54) is 49.1 Å². The fraction of sp³-hybridized carbons (Fsp3) is 0.350. The number of sulfonamides is 1. The summed E-state index contributed by atoms with van der Waals surface area (Å²) < 4.78 is 32.6. The number of carbonyl (C=O) groups is 1. The second kappa shape index (κ2) is 8.06. The van der Waals surface area contributed by atoms with E-state index in [4.69, 9.17) is 4.74 Å². The average Bonchev–Trinajstić information content (AvgIpc) is 3.31. The van der Waals surface area contributed by atoms with Gasteiger partial charge in [-0.1, -0.05) is 0 Å². The van der Waals surface area contributed by atoms with E-state index in [0.717, 1.165) is 29.1 Å². The molecule has 1 N–H and O–H groups in total. The molecule has 2 aromatic heterocycles. The summed E-state index contributed by atoms with van der Waals surface area (Å²) in [5, 5.41) is 3.26. The average molecular weight is 463 g/mol. The van der Waals surface area contributed by atoms with Crippen LogP contribution in [0.4, 0.5) is 5.69 Å². The summed E-state index contributed by atoms with van der Waals surface area (Å²) in [4.78, 5) is 31.7. The van der Waals surface area contributed by atoms with E-state index in [-0.39, 0.29) is 28.4 Å². The first-order valence-electron chi connectivity index (χ1n) is 9.62. The standard InChI is InChI=1S/C20H22N4O5S2/c1-23(2)31(27,28)16-9-12(7-8-14(16)29-3)22-17(25)10-24-11-21-19-18(20(24)26)13-5-4-6-15(13)30-19/h7-9,11H,4-6,10H2,1-3H3,(H,22,25). The van der Waals surface area contributed by atoms with Crippen LogP contribution in [-0.4, -0.2) is 49.4 Å². The van der Waals surface area contributed by atoms with Gasteiger partial charge in [-0.25, -0.2) is 17.7 Å². The largest absolute Gasteiger partial charge is 0.495 e. The highest BCUT2D eigenvalue weighted by atomic mass is 32.2. The van der Waals surface area contributed by atoms with Crippen molar-refractivity contribution in [2.45, 2.75) is 30.7 Å². The molecule has 1 aromatic carbocycles. The van der Waals surface area contributed by atoms with Crippen molar-refractivity contribution in [1.82, 2.24) is 13.9 Å². The Hall–Kier alpha value is -2.76. The zero-order valence-corrected chi connectivity index (χ0v) is 19.0. The number of methoxy groups -OCH3 is 1. The number of nitrogens with one attached hydrogen (secondary N) is 1. The van der Waals surface area contributed by atoms with Crippen LogP contribution >= 0.6 is 11.3 Å². The SMILES string of the molecule is COc1ccc(NC(=O)Cn2cnc3sc4c(c3c2=O)CCC4)cc1S(=O)(=O)N(C)C. The molecule has 11 heteroatoms. The van der Waals surface area contributed by atoms with E-state index in [0.29, 0.717) is 10.2 Å². The zero-order valence-electron chi connectivity index (χ0n) is 17.3. The van der Waals surface area contributed by atoms with Crippen LogP contribution in [0.15, 0.2) is 34.2 Å². The molecule has 31 heavy (non-hydrogen) atoms. The van der Waals surface area contributed by atoms with Crippen LogP contribution < -0.4 is 15.6 Å². The lowest BCUT2D eigenvalue weighted by molar-refractivity contribution is -0.116. The first-order valence-corrected chi connectivity index (χ1v) is 11.9. The van der Waals surface area contributed by atoms with Gasteiger partial charge in [-0.05, 0) is 43.0 Å². The minimum Gasteiger partial charge on any atom is -0.495 e. The van der Waals surface area contributed by atoms with Crippen molar-refractivity contribution in [2.24, 2.45) is 0 Å². The quantitative estimate of drug-likeness (QED) is 0.599. The number of anilines is 1. The van der Waals surface area contributed by atoms with Crippen molar-refractivity contribution in [3.05, 3.63) is 45.3 Å². The summed E-state index contributed by atoms with van der Waals surface area (Å²) in [6, 6.07) is 4.35. The highest BCUT2D eigenvalue weighted by molar-refractivity contribution is 7.89. The van der Waals surface area contributed by atoms with Crippen molar-refractivity contribution in [3.8, 4) is 5.75 Å². The summed E-state index contributed by atoms with van der Waals surface area (Å²) in [6.07, 6.45) is 4.23. The van der Waals surface area contributed by atoms with Gasteiger partial charge in [-0.15, -0.1) is 11.3 Å². The third kappa shape index (κ3) is 3.84. The molecule has 9 nitrogen and oxygen atoms in total. The fourth-order valence-electron chi connectivity index (χ4n) is 3.64. The Morgan fingerprint density at radius 1 is 1.32 bits per heavy atom. The Kier molecular flexibility index (Phi) is 5.58. The number of rotatable bonds is 6. The number of hydrogen-bond acceptors (Lipinski definition) is 7. The van der Waals surface area contributed by atoms with Gasteiger partial charge < -0.3 is 10.1 Å². The van der Waals surface area contributed by atoms with Crippen LogP contribution in [0.3, 0.4) is 0 Å². The molecular weight excluding hydrogens is 440 g/mol. The molecule has 3 aromatic rings. The molecule has 1 aliphatic rings. The highest BCUT2D eigenvalue weighted by Gasteiger charge is 2.24. The Morgan fingerprint density at radius 2 is 2.10 bits per heavy atom. The first-order chi connectivity index (χ1) is 14.7. The van der Waals surface area contributed by atoms with Crippen molar-refractivity contribution in [3.63, 3.8) is 0 Å². The molecule has 0 fully saturated rings. The number of aromatic nitrogens is 2. The maximum absolute atomic E-state index is 12.9. The maximum Gasteiger partial charge on any atom is 0.262 e. The van der Waals surface area contributed by atoms with Gasteiger partial charge in [-0.3, -0.25) is 14.2 Å². The molecule has 0 aliphatic heterocycles. The molecule has 0 unspecified atom stereocenters. The van der Waals surface area contributed by atoms with Crippen molar-refractivity contribution in [2.75, 3.05) is 26.5 Å². The van der Waals surface area contributed by atoms with Crippen molar-refractivity contribution >= 4 is 43.2 Å². The van der Waals surface area contributed by atoms with Crippen LogP contribution in [0.25, 0.3) is 10.2 Å². The second-order valence-electron chi connectivity index (χ2n) is 7.42. The van der Waals surface area contributed by atoms with E-state index in [9.17, 15) is 18.0 Å². The molecule has 0 saturated heterocycles. The Balaban J connectivity index is 1.60. The third-order valence-corrected chi connectivity index (χ3v) is 8.25. The summed E-state index contributed by atoms with van der Waals surface area (Å²) >= 11 is 1.54. The maximum atomic E-state index is 12.9. The number of aryl methyl sites for hydroxylation is 2. The van der Waals surface area contributed by atoms with Gasteiger partial charge in [-0.2, -0.15) is 0 Å². The Bertz CT molecular complexity index is 1340. The highest BCUT2D eigenvalue weighted by Crippen LogP contribution is 2.34. The van der Waals surface area contributed by atoms with Gasteiger partial charge in [0, 0.05) is 24.7 Å². The predicted molar refractivity (Wildman–Crippen MR) is 118 cm³/mol. The molecule has 1 aliphatic carbocycles. The second-order valence-corrected chi connectivity index (χ2v) is 10.6. The molecule has 0 bridgehead atoms. The number of benzene rings is 1. The number of carbonyl (C=O) groups excluding carboxylic acids is 1. The summed E-state index contributed by atoms with van der Waals surface area (Å²) in [5.41, 5.74) is 1.11. The Morgan fingerprint density at radius 3 is 2.81 bits per heavy atom. The number of ether oxygens (including phenoxy) is 1. The fourth-order valence-corrected chi connectivity index (χ4v) is 5.93. The van der Waals surface area contributed by atoms with Gasteiger partial charge in [0.05, 0.1) is 18.8 Å². The van der Waals surface area contributed by atoms with Crippen LogP contribution in [0.2, 0.25) is 0 Å². The monoisotopic (exact) mass is 462 g/mol. The number of nitrogens with zero attached hydrogens (tertiary/aromatic N) is 3. The van der Waals surface area contributed by atoms with Gasteiger partial charge in [0.15, 0.2) is 0 Å². The van der Waals surface area contributed by atoms with E-state index in [1.807, 2.05) is 0 Å². The molecule has 0 atom stereocenters. The molecule has 0 spiro atoms. The van der Waals surface area contributed by atoms with Crippen LogP contribution in [-0.2, 0) is 34.2 Å². The van der Waals surface area contributed by atoms with Crippen LogP contribution in [0.1, 0.15) is 16.9 Å². The smallest absolute Gasteiger partial charge is 0.262 e. The minimum atomic E-state index is -3.77. The van der Waals surface area contributed by atoms with Gasteiger partial charge in [0.1, 0.15) is 22.0 Å². The third-order valence-electron chi connectivity index (χ3n) is 5.21. The molecule has 1 amide bonds. The molecule has 2 heterocycles. The number of fused-ring (bicyclic) bond motifs is 3. The lowest BCUT2D eigenvalue weighted by Gasteiger charge is -2.16. The van der Waals surface area contributed by atoms with Crippen LogP contribution in [0, 0.1) is 0 Å². The van der Waals surface area contributed by atoms with E-state index < -0.39 is 15.9 Å². The molecule has 164 valence electrons. The van der Waals surface area contributed by atoms with Crippen molar-refractivity contribution in [1.29, 1.82) is 0 Å². The number of hydrogen-bond donors (Lipinski definition) is 1. The van der Waals surface area contributed by atoms with E-state index >= 15 is 0 Å². The molecule has 0 radical (unpaired) electrons. The predicted octanol–water partition coefficient (Wildman–Crippen LogP) is 1.84. The molecule has 4 rings (SSSR count). The number of amides is 1. The van der Waals surface area contributed by atoms with Crippen molar-refractivity contribution < 1.29 is 17.9 Å². The molecular formula is C20H22N4O5S2. The van der Waals surface area contributed by atoms with E-state index in [2.05, 4.69) is 10.3 Å². The first kappa shape index (κ1) is 21.5. The lowest BCUT2D eigenvalue weighted by Crippen LogP contribution is -2.28. The summed E-state index contributed by atoms with van der Waals surface area (Å²) in [7, 11) is 0.427. The summed E-state index contributed by atoms with van der Waals surface area (Å²) in [6.45, 7) is -0.228. The number of thiophene rings is 1. The van der Waals surface area contributed by atoms with Gasteiger partial charge in [0.25, 0.3) is 5.56 Å². The van der Waals surface area contributed by atoms with Gasteiger partial charge >= 0.3 is 0 Å². The summed E-state index contributed by atoms with van der Waals surface area (Å²) in [5.74, 6) is -0.294. The normalized spacial score (nSPS) is 13.5. The van der Waals surface area contributed by atoms with E-state index in [1.54, 1.807) is 17.4 Å². The topological polar surface area (TPSA) is 111 Å². The minimum absolute atomic E-state index is 0.0631. The van der Waals surface area contributed by atoms with Crippen LogP contribution in [0.5, 0.6) is 5.75 Å². The molecule has 0 saturated carbocycles. The zero-order chi connectivity index (χ0) is 22.3.